The summed E-state index contributed by atoms with van der Waals surface area (Å²) in [5.74, 6) is 1.34. The Morgan fingerprint density at radius 2 is 2.10 bits per heavy atom. The van der Waals surface area contributed by atoms with E-state index in [1.807, 2.05) is 38.4 Å². The molecule has 1 aliphatic heterocycles. The van der Waals surface area contributed by atoms with Crippen molar-refractivity contribution < 1.29 is 14.3 Å². The highest BCUT2D eigenvalue weighted by Gasteiger charge is 2.18. The number of hydrogen-bond donors (Lipinski definition) is 1. The normalized spacial score (nSPS) is 14.0. The van der Waals surface area contributed by atoms with E-state index in [1.54, 1.807) is 10.6 Å². The number of carbonyl (C=O) groups excluding carboxylic acids is 1. The van der Waals surface area contributed by atoms with Gasteiger partial charge in [0.1, 0.15) is 5.69 Å². The molecule has 0 bridgehead atoms. The number of hydrogen-bond acceptors (Lipinski definition) is 3. The van der Waals surface area contributed by atoms with Gasteiger partial charge in [-0.3, -0.25) is 4.79 Å². The third-order valence-electron chi connectivity index (χ3n) is 3.45. The standard InChI is InChI=1S/C15H15BrN2O3/c1-9(10-3-4-13-14(5-10)21-8-20-13)17-15(19)12-6-11(16)7-18(12)2/h3-7,9H,8H2,1-2H3,(H,17,19). The van der Waals surface area contributed by atoms with Crippen molar-refractivity contribution in [2.75, 3.05) is 6.79 Å². The molecule has 1 N–H and O–H groups in total. The Bertz CT molecular complexity index is 696. The Morgan fingerprint density at radius 1 is 1.33 bits per heavy atom. The first-order valence-electron chi connectivity index (χ1n) is 6.57. The lowest BCUT2D eigenvalue weighted by atomic mass is 10.1. The zero-order valence-electron chi connectivity index (χ0n) is 11.7. The fourth-order valence-electron chi connectivity index (χ4n) is 2.29. The van der Waals surface area contributed by atoms with E-state index in [0.717, 1.165) is 21.5 Å². The highest BCUT2D eigenvalue weighted by atomic mass is 79.9. The maximum absolute atomic E-state index is 12.3. The highest BCUT2D eigenvalue weighted by molar-refractivity contribution is 9.10. The SMILES string of the molecule is CC(NC(=O)c1cc(Br)cn1C)c1ccc2c(c1)OCO2. The van der Waals surface area contributed by atoms with Gasteiger partial charge in [0.25, 0.3) is 5.91 Å². The molecule has 1 atom stereocenters. The second-order valence-electron chi connectivity index (χ2n) is 4.96. The maximum atomic E-state index is 12.3. The number of nitrogens with one attached hydrogen (secondary N) is 1. The van der Waals surface area contributed by atoms with Crippen LogP contribution in [0.3, 0.4) is 0 Å². The van der Waals surface area contributed by atoms with E-state index in [0.29, 0.717) is 5.69 Å². The number of fused-ring (bicyclic) bond motifs is 1. The van der Waals surface area contributed by atoms with Crippen LogP contribution in [0.4, 0.5) is 0 Å². The second-order valence-corrected chi connectivity index (χ2v) is 5.88. The second kappa shape index (κ2) is 5.44. The molecule has 0 saturated carbocycles. The first-order chi connectivity index (χ1) is 10.0. The molecule has 1 aliphatic rings. The number of benzene rings is 1. The summed E-state index contributed by atoms with van der Waals surface area (Å²) >= 11 is 3.36. The van der Waals surface area contributed by atoms with Crippen molar-refractivity contribution in [1.29, 1.82) is 0 Å². The van der Waals surface area contributed by atoms with Crippen LogP contribution in [-0.4, -0.2) is 17.3 Å². The third-order valence-corrected chi connectivity index (χ3v) is 3.88. The van der Waals surface area contributed by atoms with Crippen LogP contribution in [0.15, 0.2) is 34.9 Å². The number of carbonyl (C=O) groups is 1. The summed E-state index contributed by atoms with van der Waals surface area (Å²) in [6.07, 6.45) is 1.85. The zero-order valence-corrected chi connectivity index (χ0v) is 13.3. The average Bonchev–Trinajstić information content (AvgIpc) is 3.03. The first kappa shape index (κ1) is 14.0. The van der Waals surface area contributed by atoms with Gasteiger partial charge in [0, 0.05) is 17.7 Å². The fourth-order valence-corrected chi connectivity index (χ4v) is 2.81. The lowest BCUT2D eigenvalue weighted by Gasteiger charge is -2.15. The molecule has 0 saturated heterocycles. The minimum absolute atomic E-state index is 0.117. The third kappa shape index (κ3) is 2.76. The molecular weight excluding hydrogens is 336 g/mol. The van der Waals surface area contributed by atoms with Crippen LogP contribution in [0.25, 0.3) is 0 Å². The molecule has 1 aromatic carbocycles. The van der Waals surface area contributed by atoms with Gasteiger partial charge in [0.15, 0.2) is 11.5 Å². The molecule has 0 fully saturated rings. The van der Waals surface area contributed by atoms with Crippen LogP contribution in [0.5, 0.6) is 11.5 Å². The molecule has 2 heterocycles. The largest absolute Gasteiger partial charge is 0.454 e. The van der Waals surface area contributed by atoms with E-state index >= 15 is 0 Å². The average molecular weight is 351 g/mol. The molecule has 110 valence electrons. The molecule has 1 amide bonds. The van der Waals surface area contributed by atoms with Crippen LogP contribution < -0.4 is 14.8 Å². The highest BCUT2D eigenvalue weighted by Crippen LogP contribution is 2.34. The molecule has 3 rings (SSSR count). The summed E-state index contributed by atoms with van der Waals surface area (Å²) in [5.41, 5.74) is 1.58. The van der Waals surface area contributed by atoms with Gasteiger partial charge in [0.05, 0.1) is 6.04 Å². The quantitative estimate of drug-likeness (QED) is 0.925. The Kier molecular flexibility index (Phi) is 3.63. The fraction of sp³-hybridized carbons (Fsp3) is 0.267. The van der Waals surface area contributed by atoms with Crippen LogP contribution in [0.2, 0.25) is 0 Å². The molecular formula is C15H15BrN2O3. The Hall–Kier alpha value is -1.95. The van der Waals surface area contributed by atoms with Gasteiger partial charge in [-0.05, 0) is 46.6 Å². The number of nitrogens with zero attached hydrogens (tertiary/aromatic N) is 1. The number of ether oxygens (including phenoxy) is 2. The van der Waals surface area contributed by atoms with Gasteiger partial charge in [-0.15, -0.1) is 0 Å². The van der Waals surface area contributed by atoms with E-state index in [4.69, 9.17) is 9.47 Å². The summed E-state index contributed by atoms with van der Waals surface area (Å²) < 4.78 is 13.3. The molecule has 0 radical (unpaired) electrons. The minimum atomic E-state index is -0.124. The molecule has 1 aromatic heterocycles. The molecule has 0 aliphatic carbocycles. The summed E-state index contributed by atoms with van der Waals surface area (Å²) in [4.78, 5) is 12.3. The zero-order chi connectivity index (χ0) is 15.0. The molecule has 6 heteroatoms. The molecule has 2 aromatic rings. The van der Waals surface area contributed by atoms with Crippen molar-refractivity contribution >= 4 is 21.8 Å². The molecule has 1 unspecified atom stereocenters. The minimum Gasteiger partial charge on any atom is -0.454 e. The number of halogens is 1. The summed E-state index contributed by atoms with van der Waals surface area (Å²) in [5, 5.41) is 2.98. The number of rotatable bonds is 3. The predicted octanol–water partition coefficient (Wildman–Crippen LogP) is 3.01. The Morgan fingerprint density at radius 3 is 2.81 bits per heavy atom. The summed E-state index contributed by atoms with van der Waals surface area (Å²) in [7, 11) is 1.84. The Balaban J connectivity index is 1.75. The van der Waals surface area contributed by atoms with Crippen LogP contribution >= 0.6 is 15.9 Å². The molecule has 5 nitrogen and oxygen atoms in total. The summed E-state index contributed by atoms with van der Waals surface area (Å²) in [6, 6.07) is 7.36. The first-order valence-corrected chi connectivity index (χ1v) is 7.36. The predicted molar refractivity (Wildman–Crippen MR) is 81.6 cm³/mol. The van der Waals surface area contributed by atoms with E-state index in [-0.39, 0.29) is 18.7 Å². The van der Waals surface area contributed by atoms with E-state index in [1.165, 1.54) is 0 Å². The van der Waals surface area contributed by atoms with Gasteiger partial charge in [-0.1, -0.05) is 6.07 Å². The number of aryl methyl sites for hydroxylation is 1. The van der Waals surface area contributed by atoms with Crippen LogP contribution in [0, 0.1) is 0 Å². The van der Waals surface area contributed by atoms with E-state index in [9.17, 15) is 4.79 Å². The van der Waals surface area contributed by atoms with Crippen molar-refractivity contribution in [2.45, 2.75) is 13.0 Å². The van der Waals surface area contributed by atoms with Crippen molar-refractivity contribution in [3.63, 3.8) is 0 Å². The molecule has 21 heavy (non-hydrogen) atoms. The number of aromatic nitrogens is 1. The van der Waals surface area contributed by atoms with Crippen molar-refractivity contribution in [3.8, 4) is 11.5 Å². The van der Waals surface area contributed by atoms with Gasteiger partial charge in [-0.2, -0.15) is 0 Å². The lowest BCUT2D eigenvalue weighted by molar-refractivity contribution is 0.0931. The smallest absolute Gasteiger partial charge is 0.268 e. The summed E-state index contributed by atoms with van der Waals surface area (Å²) in [6.45, 7) is 2.18. The monoisotopic (exact) mass is 350 g/mol. The van der Waals surface area contributed by atoms with Gasteiger partial charge in [-0.25, -0.2) is 0 Å². The van der Waals surface area contributed by atoms with Crippen LogP contribution in [-0.2, 0) is 7.05 Å². The van der Waals surface area contributed by atoms with Crippen molar-refractivity contribution in [2.24, 2.45) is 7.05 Å². The van der Waals surface area contributed by atoms with E-state index < -0.39 is 0 Å². The number of amides is 1. The molecule has 0 spiro atoms. The lowest BCUT2D eigenvalue weighted by Crippen LogP contribution is -2.28. The van der Waals surface area contributed by atoms with Gasteiger partial charge < -0.3 is 19.4 Å². The van der Waals surface area contributed by atoms with E-state index in [2.05, 4.69) is 21.2 Å². The van der Waals surface area contributed by atoms with Crippen molar-refractivity contribution in [1.82, 2.24) is 9.88 Å². The topological polar surface area (TPSA) is 52.5 Å². The maximum Gasteiger partial charge on any atom is 0.268 e. The Labute approximate surface area is 131 Å². The van der Waals surface area contributed by atoms with Crippen LogP contribution in [0.1, 0.15) is 29.0 Å². The van der Waals surface area contributed by atoms with Gasteiger partial charge in [0.2, 0.25) is 6.79 Å². The van der Waals surface area contributed by atoms with Crippen molar-refractivity contribution in [3.05, 3.63) is 46.2 Å². The van der Waals surface area contributed by atoms with Gasteiger partial charge >= 0.3 is 0 Å².